The topological polar surface area (TPSA) is 104 Å². The van der Waals surface area contributed by atoms with Crippen molar-refractivity contribution in [2.24, 2.45) is 0 Å². The van der Waals surface area contributed by atoms with E-state index in [4.69, 9.17) is 0 Å². The Morgan fingerprint density at radius 3 is 2.38 bits per heavy atom. The van der Waals surface area contributed by atoms with Crippen molar-refractivity contribution in [2.75, 3.05) is 6.54 Å². The van der Waals surface area contributed by atoms with E-state index in [1.54, 1.807) is 0 Å². The average molecular weight is 373 g/mol. The van der Waals surface area contributed by atoms with Gasteiger partial charge in [0.05, 0.1) is 18.2 Å². The summed E-state index contributed by atoms with van der Waals surface area (Å²) in [5, 5.41) is 6.79. The number of rotatable bonds is 7. The molecule has 0 saturated heterocycles. The van der Waals surface area contributed by atoms with Crippen molar-refractivity contribution in [1.82, 2.24) is 16.0 Å². The number of nitrogens with one attached hydrogen (secondary N) is 3. The van der Waals surface area contributed by atoms with Crippen LogP contribution in [0, 0.1) is 0 Å². The molecule has 0 radical (unpaired) electrons. The summed E-state index contributed by atoms with van der Waals surface area (Å²) in [6.07, 6.45) is -4.07. The molecule has 3 amide bonds. The predicted molar refractivity (Wildman–Crippen MR) is 85.1 cm³/mol. The summed E-state index contributed by atoms with van der Waals surface area (Å²) in [5.41, 5.74) is -1.23. The lowest BCUT2D eigenvalue weighted by molar-refractivity contribution is -0.137. The summed E-state index contributed by atoms with van der Waals surface area (Å²) < 4.78 is 37.9. The fourth-order valence-corrected chi connectivity index (χ4v) is 1.84. The summed E-state index contributed by atoms with van der Waals surface area (Å²) in [6.45, 7) is 2.30. The molecule has 1 rings (SSSR count). The van der Waals surface area contributed by atoms with Crippen LogP contribution in [0.1, 0.15) is 29.8 Å². The molecule has 7 nitrogen and oxygen atoms in total. The third-order valence-electron chi connectivity index (χ3n) is 3.21. The second kappa shape index (κ2) is 8.97. The number of alkyl halides is 3. The molecule has 0 spiro atoms. The Labute approximate surface area is 147 Å². The van der Waals surface area contributed by atoms with Gasteiger partial charge in [0.25, 0.3) is 5.91 Å². The van der Waals surface area contributed by atoms with Crippen LogP contribution >= 0.6 is 0 Å². The zero-order valence-corrected chi connectivity index (χ0v) is 14.0. The Hall–Kier alpha value is -2.91. The van der Waals surface area contributed by atoms with Crippen LogP contribution in [0.25, 0.3) is 0 Å². The van der Waals surface area contributed by atoms with Gasteiger partial charge in [0.15, 0.2) is 0 Å². The second-order valence-electron chi connectivity index (χ2n) is 5.48. The van der Waals surface area contributed by atoms with Crippen molar-refractivity contribution in [3.8, 4) is 0 Å². The van der Waals surface area contributed by atoms with E-state index >= 15 is 0 Å². The number of hydrogen-bond donors (Lipinski definition) is 3. The zero-order chi connectivity index (χ0) is 19.9. The lowest BCUT2D eigenvalue weighted by Crippen LogP contribution is -2.50. The molecule has 0 heterocycles. The minimum Gasteiger partial charge on any atom is -0.345 e. The Balaban J connectivity index is 2.56. The molecular formula is C16H18F3N3O4. The van der Waals surface area contributed by atoms with Crippen LogP contribution in [0.4, 0.5) is 13.2 Å². The maximum Gasteiger partial charge on any atom is 0.416 e. The van der Waals surface area contributed by atoms with E-state index in [9.17, 15) is 32.3 Å². The van der Waals surface area contributed by atoms with Crippen LogP contribution in [-0.4, -0.2) is 42.6 Å². The van der Waals surface area contributed by atoms with Crippen LogP contribution in [0.3, 0.4) is 0 Å². The standard InChI is InChI=1S/C16H18F3N3O4/c1-9(8-23)21-14(25)10(2)22-13(24)7-20-15(26)11-4-3-5-12(6-11)16(17,18)19/h3-6,8-10H,7H2,1-2H3,(H,20,26)(H,21,25)(H,22,24). The van der Waals surface area contributed by atoms with Gasteiger partial charge in [0, 0.05) is 5.56 Å². The number of aldehydes is 1. The summed E-state index contributed by atoms with van der Waals surface area (Å²) >= 11 is 0. The summed E-state index contributed by atoms with van der Waals surface area (Å²) in [6, 6.07) is 2.07. The Bertz CT molecular complexity index is 692. The molecule has 1 aromatic rings. The Morgan fingerprint density at radius 1 is 1.15 bits per heavy atom. The van der Waals surface area contributed by atoms with E-state index in [1.165, 1.54) is 19.9 Å². The van der Waals surface area contributed by atoms with Gasteiger partial charge in [-0.3, -0.25) is 14.4 Å². The molecule has 10 heteroatoms. The first-order valence-corrected chi connectivity index (χ1v) is 7.55. The highest BCUT2D eigenvalue weighted by Gasteiger charge is 2.30. The van der Waals surface area contributed by atoms with Gasteiger partial charge >= 0.3 is 6.18 Å². The van der Waals surface area contributed by atoms with E-state index < -0.39 is 48.1 Å². The summed E-state index contributed by atoms with van der Waals surface area (Å²) in [5.74, 6) is -2.17. The Morgan fingerprint density at radius 2 is 1.81 bits per heavy atom. The zero-order valence-electron chi connectivity index (χ0n) is 14.0. The van der Waals surface area contributed by atoms with Crippen molar-refractivity contribution in [3.63, 3.8) is 0 Å². The number of carbonyl (C=O) groups is 4. The van der Waals surface area contributed by atoms with Crippen LogP contribution in [-0.2, 0) is 20.6 Å². The van der Waals surface area contributed by atoms with Crippen molar-refractivity contribution in [1.29, 1.82) is 0 Å². The number of benzene rings is 1. The molecule has 142 valence electrons. The van der Waals surface area contributed by atoms with E-state index in [1.807, 2.05) is 0 Å². The first-order chi connectivity index (χ1) is 12.0. The summed E-state index contributed by atoms with van der Waals surface area (Å²) in [7, 11) is 0. The van der Waals surface area contributed by atoms with Crippen molar-refractivity contribution in [3.05, 3.63) is 35.4 Å². The lowest BCUT2D eigenvalue weighted by Gasteiger charge is -2.15. The highest BCUT2D eigenvalue weighted by molar-refractivity contribution is 5.97. The largest absolute Gasteiger partial charge is 0.416 e. The van der Waals surface area contributed by atoms with Crippen LogP contribution in [0.2, 0.25) is 0 Å². The first kappa shape index (κ1) is 21.1. The second-order valence-corrected chi connectivity index (χ2v) is 5.48. The quantitative estimate of drug-likeness (QED) is 0.610. The molecule has 26 heavy (non-hydrogen) atoms. The average Bonchev–Trinajstić information content (AvgIpc) is 2.58. The van der Waals surface area contributed by atoms with Gasteiger partial charge in [-0.1, -0.05) is 6.07 Å². The molecule has 1 aromatic carbocycles. The smallest absolute Gasteiger partial charge is 0.345 e. The lowest BCUT2D eigenvalue weighted by atomic mass is 10.1. The van der Waals surface area contributed by atoms with Crippen LogP contribution in [0.5, 0.6) is 0 Å². The van der Waals surface area contributed by atoms with Gasteiger partial charge in [0.1, 0.15) is 12.3 Å². The van der Waals surface area contributed by atoms with E-state index in [2.05, 4.69) is 16.0 Å². The van der Waals surface area contributed by atoms with Gasteiger partial charge in [-0.2, -0.15) is 13.2 Å². The van der Waals surface area contributed by atoms with Gasteiger partial charge < -0.3 is 20.7 Å². The van der Waals surface area contributed by atoms with Crippen molar-refractivity contribution in [2.45, 2.75) is 32.1 Å². The maximum atomic E-state index is 12.6. The monoisotopic (exact) mass is 373 g/mol. The van der Waals surface area contributed by atoms with Gasteiger partial charge in [-0.05, 0) is 32.0 Å². The minimum atomic E-state index is -4.59. The van der Waals surface area contributed by atoms with Crippen LogP contribution < -0.4 is 16.0 Å². The van der Waals surface area contributed by atoms with E-state index in [-0.39, 0.29) is 5.56 Å². The molecule has 0 fully saturated rings. The van der Waals surface area contributed by atoms with Gasteiger partial charge in [0.2, 0.25) is 11.8 Å². The highest BCUT2D eigenvalue weighted by Crippen LogP contribution is 2.29. The molecule has 2 atom stereocenters. The Kier molecular flexibility index (Phi) is 7.29. The molecule has 0 aliphatic heterocycles. The molecule has 0 aliphatic rings. The maximum absolute atomic E-state index is 12.6. The third kappa shape index (κ3) is 6.54. The molecule has 0 aliphatic carbocycles. The normalized spacial score (nSPS) is 13.3. The number of halogens is 3. The molecule has 2 unspecified atom stereocenters. The third-order valence-corrected chi connectivity index (χ3v) is 3.21. The van der Waals surface area contributed by atoms with E-state index in [0.29, 0.717) is 12.4 Å². The molecule has 0 bridgehead atoms. The highest BCUT2D eigenvalue weighted by atomic mass is 19.4. The molecule has 0 aromatic heterocycles. The predicted octanol–water partition coefficient (Wildman–Crippen LogP) is 0.643. The van der Waals surface area contributed by atoms with Crippen LogP contribution in [0.15, 0.2) is 24.3 Å². The molecule has 3 N–H and O–H groups in total. The number of amides is 3. The molecule has 0 saturated carbocycles. The number of carbonyl (C=O) groups excluding carboxylic acids is 4. The fraction of sp³-hybridized carbons (Fsp3) is 0.375. The minimum absolute atomic E-state index is 0.252. The van der Waals surface area contributed by atoms with Gasteiger partial charge in [-0.15, -0.1) is 0 Å². The van der Waals surface area contributed by atoms with Crippen molar-refractivity contribution >= 4 is 24.0 Å². The SMILES string of the molecule is CC(C=O)NC(=O)C(C)NC(=O)CNC(=O)c1cccc(C(F)(F)F)c1. The summed E-state index contributed by atoms with van der Waals surface area (Å²) in [4.78, 5) is 45.7. The van der Waals surface area contributed by atoms with Gasteiger partial charge in [-0.25, -0.2) is 0 Å². The molecular weight excluding hydrogens is 355 g/mol. The fourth-order valence-electron chi connectivity index (χ4n) is 1.84. The van der Waals surface area contributed by atoms with Crippen molar-refractivity contribution < 1.29 is 32.3 Å². The van der Waals surface area contributed by atoms with E-state index in [0.717, 1.165) is 12.1 Å². The number of hydrogen-bond acceptors (Lipinski definition) is 4. The first-order valence-electron chi connectivity index (χ1n) is 7.55.